The number of carboxylic acids is 1. The van der Waals surface area contributed by atoms with E-state index in [0.717, 1.165) is 11.1 Å². The maximum absolute atomic E-state index is 12.2. The molecule has 0 aliphatic heterocycles. The van der Waals surface area contributed by atoms with Crippen LogP contribution < -0.4 is 10.6 Å². The molecule has 6 nitrogen and oxygen atoms in total. The number of carbonyl (C=O) groups is 3. The molecule has 2 aromatic carbocycles. The van der Waals surface area contributed by atoms with Crippen molar-refractivity contribution >= 4 is 17.8 Å². The first-order valence-electron chi connectivity index (χ1n) is 9.11. The van der Waals surface area contributed by atoms with Crippen molar-refractivity contribution < 1.29 is 19.5 Å². The van der Waals surface area contributed by atoms with E-state index < -0.39 is 17.9 Å². The van der Waals surface area contributed by atoms with E-state index in [-0.39, 0.29) is 24.3 Å². The number of hydrogen-bond acceptors (Lipinski definition) is 3. The average Bonchev–Trinajstić information content (AvgIpc) is 2.65. The second-order valence-electron chi connectivity index (χ2n) is 7.66. The van der Waals surface area contributed by atoms with Crippen LogP contribution in [0.4, 0.5) is 0 Å². The highest BCUT2D eigenvalue weighted by molar-refractivity contribution is 5.96. The molecule has 0 aromatic heterocycles. The lowest BCUT2D eigenvalue weighted by molar-refractivity contribution is -0.141. The van der Waals surface area contributed by atoms with Gasteiger partial charge in [-0.2, -0.15) is 0 Å². The third-order valence-electron chi connectivity index (χ3n) is 4.34. The van der Waals surface area contributed by atoms with Gasteiger partial charge < -0.3 is 15.7 Å². The molecule has 2 aromatic rings. The minimum Gasteiger partial charge on any atom is -0.480 e. The van der Waals surface area contributed by atoms with Gasteiger partial charge >= 0.3 is 5.97 Å². The average molecular weight is 382 g/mol. The van der Waals surface area contributed by atoms with E-state index in [1.807, 2.05) is 18.2 Å². The molecular formula is C22H26N2O4. The van der Waals surface area contributed by atoms with Gasteiger partial charge in [0.25, 0.3) is 5.91 Å². The number of benzene rings is 2. The Morgan fingerprint density at radius 1 is 0.964 bits per heavy atom. The Labute approximate surface area is 165 Å². The second kappa shape index (κ2) is 9.17. The molecule has 0 saturated carbocycles. The maximum Gasteiger partial charge on any atom is 0.326 e. The first-order valence-corrected chi connectivity index (χ1v) is 9.11. The van der Waals surface area contributed by atoms with Gasteiger partial charge in [-0.1, -0.05) is 63.2 Å². The molecule has 0 heterocycles. The summed E-state index contributed by atoms with van der Waals surface area (Å²) < 4.78 is 0. The summed E-state index contributed by atoms with van der Waals surface area (Å²) in [6, 6.07) is 15.2. The molecule has 28 heavy (non-hydrogen) atoms. The molecule has 0 aliphatic rings. The van der Waals surface area contributed by atoms with Gasteiger partial charge in [-0.15, -0.1) is 0 Å². The number of rotatable bonds is 7. The Balaban J connectivity index is 1.89. The molecule has 0 saturated heterocycles. The van der Waals surface area contributed by atoms with Gasteiger partial charge in [-0.3, -0.25) is 9.59 Å². The van der Waals surface area contributed by atoms with E-state index in [9.17, 15) is 19.5 Å². The normalized spacial score (nSPS) is 12.1. The zero-order chi connectivity index (χ0) is 20.7. The van der Waals surface area contributed by atoms with Gasteiger partial charge in [-0.05, 0) is 28.7 Å². The Morgan fingerprint density at radius 2 is 1.57 bits per heavy atom. The number of nitrogens with one attached hydrogen (secondary N) is 2. The van der Waals surface area contributed by atoms with Gasteiger partial charge in [0, 0.05) is 12.0 Å². The largest absolute Gasteiger partial charge is 0.480 e. The molecule has 148 valence electrons. The summed E-state index contributed by atoms with van der Waals surface area (Å²) in [4.78, 5) is 35.7. The van der Waals surface area contributed by atoms with Crippen LogP contribution in [-0.4, -0.2) is 35.5 Å². The van der Waals surface area contributed by atoms with Crippen LogP contribution in [0.2, 0.25) is 0 Å². The summed E-state index contributed by atoms with van der Waals surface area (Å²) >= 11 is 0. The molecule has 1 atom stereocenters. The highest BCUT2D eigenvalue weighted by atomic mass is 16.4. The van der Waals surface area contributed by atoms with Crippen LogP contribution in [0.3, 0.4) is 0 Å². The van der Waals surface area contributed by atoms with Gasteiger partial charge in [0.1, 0.15) is 6.04 Å². The highest BCUT2D eigenvalue weighted by Crippen LogP contribution is 2.22. The molecule has 3 N–H and O–H groups in total. The van der Waals surface area contributed by atoms with E-state index in [0.29, 0.717) is 5.56 Å². The van der Waals surface area contributed by atoms with E-state index in [4.69, 9.17) is 0 Å². The topological polar surface area (TPSA) is 95.5 Å². The van der Waals surface area contributed by atoms with E-state index in [2.05, 4.69) is 31.4 Å². The number of carboxylic acid groups (broad SMARTS) is 1. The van der Waals surface area contributed by atoms with Crippen LogP contribution in [0.25, 0.3) is 0 Å². The van der Waals surface area contributed by atoms with Gasteiger partial charge in [-0.25, -0.2) is 4.79 Å². The number of amides is 2. The van der Waals surface area contributed by atoms with Crippen molar-refractivity contribution in [1.29, 1.82) is 0 Å². The van der Waals surface area contributed by atoms with Crippen molar-refractivity contribution in [2.24, 2.45) is 0 Å². The summed E-state index contributed by atoms with van der Waals surface area (Å²) in [6.45, 7) is 5.96. The summed E-state index contributed by atoms with van der Waals surface area (Å²) in [5, 5.41) is 14.3. The summed E-state index contributed by atoms with van der Waals surface area (Å²) in [5.41, 5.74) is 2.34. The van der Waals surface area contributed by atoms with Crippen molar-refractivity contribution in [3.05, 3.63) is 71.3 Å². The maximum atomic E-state index is 12.2. The van der Waals surface area contributed by atoms with Crippen molar-refractivity contribution in [2.45, 2.75) is 38.6 Å². The molecule has 0 fully saturated rings. The van der Waals surface area contributed by atoms with Crippen LogP contribution in [0.1, 0.15) is 42.3 Å². The molecule has 2 rings (SSSR count). The van der Waals surface area contributed by atoms with Crippen LogP contribution in [0, 0.1) is 0 Å². The molecule has 0 spiro atoms. The Kier molecular flexibility index (Phi) is 6.93. The zero-order valence-electron chi connectivity index (χ0n) is 16.4. The summed E-state index contributed by atoms with van der Waals surface area (Å²) in [5.74, 6) is -2.06. The monoisotopic (exact) mass is 382 g/mol. The number of carbonyl (C=O) groups excluding carboxylic acids is 2. The van der Waals surface area contributed by atoms with Crippen molar-refractivity contribution in [3.8, 4) is 0 Å². The van der Waals surface area contributed by atoms with Crippen LogP contribution >= 0.6 is 0 Å². The van der Waals surface area contributed by atoms with E-state index in [1.165, 1.54) is 0 Å². The predicted molar refractivity (Wildman–Crippen MR) is 107 cm³/mol. The molecular weight excluding hydrogens is 356 g/mol. The van der Waals surface area contributed by atoms with E-state index in [1.54, 1.807) is 36.4 Å². The lowest BCUT2D eigenvalue weighted by atomic mass is 9.87. The Morgan fingerprint density at radius 3 is 2.11 bits per heavy atom. The Bertz CT molecular complexity index is 824. The predicted octanol–water partition coefficient (Wildman–Crippen LogP) is 2.53. The molecule has 0 bridgehead atoms. The smallest absolute Gasteiger partial charge is 0.326 e. The van der Waals surface area contributed by atoms with E-state index >= 15 is 0 Å². The minimum absolute atomic E-state index is 0.0144. The highest BCUT2D eigenvalue weighted by Gasteiger charge is 2.21. The zero-order valence-corrected chi connectivity index (χ0v) is 16.4. The van der Waals surface area contributed by atoms with Crippen molar-refractivity contribution in [2.75, 3.05) is 6.54 Å². The fourth-order valence-electron chi connectivity index (χ4n) is 2.68. The lowest BCUT2D eigenvalue weighted by Gasteiger charge is -2.19. The SMILES string of the molecule is CC(C)(C)c1ccc(C(=O)NCC(=O)NC(Cc2ccccc2)C(=O)O)cc1. The minimum atomic E-state index is -1.12. The molecule has 1 unspecified atom stereocenters. The van der Waals surface area contributed by atoms with Crippen molar-refractivity contribution in [3.63, 3.8) is 0 Å². The summed E-state index contributed by atoms with van der Waals surface area (Å²) in [6.07, 6.45) is 0.171. The van der Waals surface area contributed by atoms with Crippen LogP contribution in [0.5, 0.6) is 0 Å². The van der Waals surface area contributed by atoms with Crippen LogP contribution in [0.15, 0.2) is 54.6 Å². The first kappa shape index (κ1) is 21.2. The molecule has 6 heteroatoms. The fourth-order valence-corrected chi connectivity index (χ4v) is 2.68. The first-order chi connectivity index (χ1) is 13.2. The third kappa shape index (κ3) is 6.23. The van der Waals surface area contributed by atoms with Gasteiger partial charge in [0.05, 0.1) is 6.54 Å². The Hall–Kier alpha value is -3.15. The standard InChI is InChI=1S/C22H26N2O4/c1-22(2,3)17-11-9-16(10-12-17)20(26)23-14-19(25)24-18(21(27)28)13-15-7-5-4-6-8-15/h4-12,18H,13-14H2,1-3H3,(H,23,26)(H,24,25)(H,27,28). The fraction of sp³-hybridized carbons (Fsp3) is 0.318. The molecule has 2 amide bonds. The lowest BCUT2D eigenvalue weighted by Crippen LogP contribution is -2.46. The third-order valence-corrected chi connectivity index (χ3v) is 4.34. The van der Waals surface area contributed by atoms with Gasteiger partial charge in [0.15, 0.2) is 0 Å². The number of hydrogen-bond donors (Lipinski definition) is 3. The van der Waals surface area contributed by atoms with Crippen LogP contribution in [-0.2, 0) is 21.4 Å². The number of aliphatic carboxylic acids is 1. The quantitative estimate of drug-likeness (QED) is 0.686. The second-order valence-corrected chi connectivity index (χ2v) is 7.66. The summed E-state index contributed by atoms with van der Waals surface area (Å²) in [7, 11) is 0. The van der Waals surface area contributed by atoms with Gasteiger partial charge in [0.2, 0.25) is 5.91 Å². The van der Waals surface area contributed by atoms with Crippen molar-refractivity contribution in [1.82, 2.24) is 10.6 Å². The molecule has 0 aliphatic carbocycles. The molecule has 0 radical (unpaired) electrons.